The molecule has 1 N–H and O–H groups in total. The molecule has 2 rings (SSSR count). The predicted octanol–water partition coefficient (Wildman–Crippen LogP) is 3.49. The highest BCUT2D eigenvalue weighted by atomic mass is 19.1. The van der Waals surface area contributed by atoms with Crippen LogP contribution >= 0.6 is 0 Å². The average molecular weight is 273 g/mol. The van der Waals surface area contributed by atoms with E-state index < -0.39 is 0 Å². The van der Waals surface area contributed by atoms with Crippen molar-refractivity contribution in [3.8, 4) is 0 Å². The number of anilines is 2. The number of halogens is 1. The van der Waals surface area contributed by atoms with Gasteiger partial charge >= 0.3 is 0 Å². The van der Waals surface area contributed by atoms with Crippen molar-refractivity contribution in [3.63, 3.8) is 0 Å². The molecule has 4 heteroatoms. The van der Waals surface area contributed by atoms with Crippen LogP contribution in [0.2, 0.25) is 0 Å². The summed E-state index contributed by atoms with van der Waals surface area (Å²) in [6, 6.07) is 11.0. The van der Waals surface area contributed by atoms with E-state index in [-0.39, 0.29) is 5.82 Å². The summed E-state index contributed by atoms with van der Waals surface area (Å²) < 4.78 is 13.8. The second-order valence-corrected chi connectivity index (χ2v) is 5.05. The van der Waals surface area contributed by atoms with Crippen molar-refractivity contribution in [2.75, 3.05) is 11.9 Å². The van der Waals surface area contributed by atoms with Crippen molar-refractivity contribution in [1.29, 1.82) is 0 Å². The summed E-state index contributed by atoms with van der Waals surface area (Å²) in [5.74, 6) is -0.228. The van der Waals surface area contributed by atoms with Crippen LogP contribution in [0.3, 0.4) is 0 Å². The largest absolute Gasteiger partial charge is 0.342 e. The van der Waals surface area contributed by atoms with Crippen LogP contribution in [0.4, 0.5) is 15.8 Å². The summed E-state index contributed by atoms with van der Waals surface area (Å²) in [5, 5.41) is 3.32. The minimum absolute atomic E-state index is 0.228. The number of para-hydroxylation sites is 1. The number of benzene rings is 1. The third-order valence-electron chi connectivity index (χ3n) is 3.09. The molecule has 0 fully saturated rings. The zero-order valence-corrected chi connectivity index (χ0v) is 12.1. The number of aromatic nitrogens is 1. The summed E-state index contributed by atoms with van der Waals surface area (Å²) in [6.45, 7) is 4.89. The highest BCUT2D eigenvalue weighted by Gasteiger charge is 2.09. The number of hydrogen-bond acceptors (Lipinski definition) is 3. The first-order chi connectivity index (χ1) is 9.58. The molecule has 0 atom stereocenters. The van der Waals surface area contributed by atoms with Crippen molar-refractivity contribution in [3.05, 3.63) is 54.1 Å². The van der Waals surface area contributed by atoms with E-state index in [1.54, 1.807) is 18.3 Å². The van der Waals surface area contributed by atoms with E-state index in [9.17, 15) is 4.39 Å². The Labute approximate surface area is 119 Å². The van der Waals surface area contributed by atoms with E-state index in [1.807, 2.05) is 30.1 Å². The summed E-state index contributed by atoms with van der Waals surface area (Å²) in [5.41, 5.74) is 2.42. The Morgan fingerprint density at radius 1 is 1.25 bits per heavy atom. The maximum Gasteiger partial charge on any atom is 0.146 e. The van der Waals surface area contributed by atoms with Gasteiger partial charge in [-0.05, 0) is 24.3 Å². The lowest BCUT2D eigenvalue weighted by molar-refractivity contribution is 0.581. The minimum atomic E-state index is -0.228. The number of hydrogen-bond donors (Lipinski definition) is 1. The fourth-order valence-corrected chi connectivity index (χ4v) is 1.94. The lowest BCUT2D eigenvalue weighted by Crippen LogP contribution is -2.22. The zero-order chi connectivity index (χ0) is 14.5. The van der Waals surface area contributed by atoms with Gasteiger partial charge in [0.05, 0.1) is 11.4 Å². The first kappa shape index (κ1) is 14.5. The third kappa shape index (κ3) is 3.54. The Kier molecular flexibility index (Phi) is 4.69. The van der Waals surface area contributed by atoms with Gasteiger partial charge in [0, 0.05) is 31.5 Å². The first-order valence-corrected chi connectivity index (χ1v) is 6.74. The van der Waals surface area contributed by atoms with Crippen LogP contribution < -0.4 is 10.2 Å². The highest BCUT2D eigenvalue weighted by Crippen LogP contribution is 2.25. The summed E-state index contributed by atoms with van der Waals surface area (Å²) in [4.78, 5) is 6.16. The molecule has 0 spiro atoms. The SMILES string of the molecule is CC(C)NCc1cc(N(C)c2ccccc2F)ccn1. The van der Waals surface area contributed by atoms with Crippen molar-refractivity contribution in [2.45, 2.75) is 26.4 Å². The molecule has 0 amide bonds. The maximum absolute atomic E-state index is 13.8. The van der Waals surface area contributed by atoms with Crippen molar-refractivity contribution < 1.29 is 4.39 Å². The Morgan fingerprint density at radius 2 is 2.00 bits per heavy atom. The molecule has 0 aliphatic rings. The Morgan fingerprint density at radius 3 is 2.70 bits per heavy atom. The number of rotatable bonds is 5. The van der Waals surface area contributed by atoms with Gasteiger partial charge in [-0.1, -0.05) is 26.0 Å². The normalized spacial score (nSPS) is 10.8. The van der Waals surface area contributed by atoms with Crippen molar-refractivity contribution >= 4 is 11.4 Å². The predicted molar refractivity (Wildman–Crippen MR) is 80.7 cm³/mol. The summed E-state index contributed by atoms with van der Waals surface area (Å²) in [7, 11) is 1.85. The Hall–Kier alpha value is -1.94. The molecule has 1 aromatic carbocycles. The lowest BCUT2D eigenvalue weighted by atomic mass is 10.2. The van der Waals surface area contributed by atoms with Gasteiger partial charge in [-0.2, -0.15) is 0 Å². The molecule has 1 heterocycles. The van der Waals surface area contributed by atoms with Crippen molar-refractivity contribution in [2.24, 2.45) is 0 Å². The molecule has 0 radical (unpaired) electrons. The van der Waals surface area contributed by atoms with E-state index in [2.05, 4.69) is 24.1 Å². The molecule has 0 aliphatic heterocycles. The van der Waals surface area contributed by atoms with E-state index in [0.717, 1.165) is 11.4 Å². The quantitative estimate of drug-likeness (QED) is 0.904. The molecule has 3 nitrogen and oxygen atoms in total. The van der Waals surface area contributed by atoms with Crippen LogP contribution in [0.1, 0.15) is 19.5 Å². The Bertz CT molecular complexity index is 569. The van der Waals surface area contributed by atoms with Gasteiger partial charge in [-0.3, -0.25) is 4.98 Å². The van der Waals surface area contributed by atoms with Crippen LogP contribution in [0.15, 0.2) is 42.6 Å². The third-order valence-corrected chi connectivity index (χ3v) is 3.09. The van der Waals surface area contributed by atoms with Gasteiger partial charge in [0.15, 0.2) is 0 Å². The van der Waals surface area contributed by atoms with Crippen LogP contribution in [0.5, 0.6) is 0 Å². The Balaban J connectivity index is 2.20. The van der Waals surface area contributed by atoms with Gasteiger partial charge in [-0.25, -0.2) is 4.39 Å². The standard InChI is InChI=1S/C16H20FN3/c1-12(2)19-11-13-10-14(8-9-18-13)20(3)16-7-5-4-6-15(16)17/h4-10,12,19H,11H2,1-3H3. The van der Waals surface area contributed by atoms with Crippen LogP contribution in [0, 0.1) is 5.82 Å². The molecule has 1 aromatic heterocycles. The van der Waals surface area contributed by atoms with E-state index in [1.165, 1.54) is 6.07 Å². The van der Waals surface area contributed by atoms with Gasteiger partial charge in [-0.15, -0.1) is 0 Å². The second-order valence-electron chi connectivity index (χ2n) is 5.05. The first-order valence-electron chi connectivity index (χ1n) is 6.74. The molecule has 0 saturated heterocycles. The topological polar surface area (TPSA) is 28.2 Å². The van der Waals surface area contributed by atoms with Gasteiger partial charge in [0.1, 0.15) is 5.82 Å². The van der Waals surface area contributed by atoms with Gasteiger partial charge in [0.2, 0.25) is 0 Å². The maximum atomic E-state index is 13.8. The summed E-state index contributed by atoms with van der Waals surface area (Å²) in [6.07, 6.45) is 1.75. The molecule has 0 bridgehead atoms. The van der Waals surface area contributed by atoms with Gasteiger partial charge in [0.25, 0.3) is 0 Å². The summed E-state index contributed by atoms with van der Waals surface area (Å²) >= 11 is 0. The molecule has 0 aliphatic carbocycles. The molecule has 0 unspecified atom stereocenters. The van der Waals surface area contributed by atoms with Gasteiger partial charge < -0.3 is 10.2 Å². The van der Waals surface area contributed by atoms with E-state index in [4.69, 9.17) is 0 Å². The average Bonchev–Trinajstić information content (AvgIpc) is 2.45. The van der Waals surface area contributed by atoms with E-state index >= 15 is 0 Å². The van der Waals surface area contributed by atoms with E-state index in [0.29, 0.717) is 18.3 Å². The fourth-order valence-electron chi connectivity index (χ4n) is 1.94. The fraction of sp³-hybridized carbons (Fsp3) is 0.312. The second kappa shape index (κ2) is 6.48. The minimum Gasteiger partial charge on any atom is -0.342 e. The monoisotopic (exact) mass is 273 g/mol. The number of pyridine rings is 1. The smallest absolute Gasteiger partial charge is 0.146 e. The zero-order valence-electron chi connectivity index (χ0n) is 12.1. The number of nitrogens with zero attached hydrogens (tertiary/aromatic N) is 2. The molecular formula is C16H20FN3. The van der Waals surface area contributed by atoms with Crippen LogP contribution in [-0.4, -0.2) is 18.1 Å². The van der Waals surface area contributed by atoms with Crippen LogP contribution in [0.25, 0.3) is 0 Å². The van der Waals surface area contributed by atoms with Crippen LogP contribution in [-0.2, 0) is 6.54 Å². The lowest BCUT2D eigenvalue weighted by Gasteiger charge is -2.20. The molecule has 2 aromatic rings. The highest BCUT2D eigenvalue weighted by molar-refractivity contribution is 5.62. The van der Waals surface area contributed by atoms with Crippen molar-refractivity contribution in [1.82, 2.24) is 10.3 Å². The number of nitrogens with one attached hydrogen (secondary N) is 1. The molecule has 106 valence electrons. The molecular weight excluding hydrogens is 253 g/mol. The molecule has 20 heavy (non-hydrogen) atoms. The molecule has 0 saturated carbocycles.